The third-order valence-corrected chi connectivity index (χ3v) is 3.93. The number of ether oxygens (including phenoxy) is 1. The Morgan fingerprint density at radius 2 is 1.95 bits per heavy atom. The zero-order valence-corrected chi connectivity index (χ0v) is 12.5. The van der Waals surface area contributed by atoms with Crippen molar-refractivity contribution in [3.05, 3.63) is 35.4 Å². The Kier molecular flexibility index (Phi) is 5.41. The molecular formula is C17H27NO. The van der Waals surface area contributed by atoms with Gasteiger partial charge in [0.05, 0.1) is 12.1 Å². The van der Waals surface area contributed by atoms with Crippen molar-refractivity contribution in [1.29, 1.82) is 0 Å². The summed E-state index contributed by atoms with van der Waals surface area (Å²) in [6, 6.07) is 9.07. The lowest BCUT2D eigenvalue weighted by molar-refractivity contribution is 0.0353. The van der Waals surface area contributed by atoms with E-state index in [0.29, 0.717) is 6.04 Å². The fourth-order valence-electron chi connectivity index (χ4n) is 2.47. The third-order valence-electron chi connectivity index (χ3n) is 3.93. The van der Waals surface area contributed by atoms with Gasteiger partial charge in [-0.1, -0.05) is 49.6 Å². The molecule has 1 aromatic rings. The number of hydrogen-bond donors (Lipinski definition) is 1. The van der Waals surface area contributed by atoms with Crippen molar-refractivity contribution in [2.75, 3.05) is 13.2 Å². The molecule has 1 aliphatic rings. The second-order valence-electron chi connectivity index (χ2n) is 5.75. The number of likely N-dealkylation sites (N-methyl/N-ethyl adjacent to an activating group) is 1. The van der Waals surface area contributed by atoms with Gasteiger partial charge in [-0.2, -0.15) is 0 Å². The zero-order valence-electron chi connectivity index (χ0n) is 12.5. The highest BCUT2D eigenvalue weighted by atomic mass is 16.5. The molecule has 19 heavy (non-hydrogen) atoms. The first kappa shape index (κ1) is 14.5. The Hall–Kier alpha value is -0.860. The molecule has 2 rings (SSSR count). The van der Waals surface area contributed by atoms with E-state index in [2.05, 4.69) is 50.4 Å². The molecule has 1 aliphatic carbocycles. The van der Waals surface area contributed by atoms with Crippen molar-refractivity contribution >= 4 is 0 Å². The summed E-state index contributed by atoms with van der Waals surface area (Å²) in [5.74, 6) is 0.948. The van der Waals surface area contributed by atoms with Crippen LogP contribution in [0, 0.1) is 12.8 Å². The summed E-state index contributed by atoms with van der Waals surface area (Å²) in [6.07, 6.45) is 4.27. The molecule has 0 aliphatic heterocycles. The lowest BCUT2D eigenvalue weighted by Crippen LogP contribution is -2.32. The highest BCUT2D eigenvalue weighted by molar-refractivity contribution is 5.24. The van der Waals surface area contributed by atoms with Crippen molar-refractivity contribution < 1.29 is 4.74 Å². The molecule has 0 amide bonds. The first-order valence-electron chi connectivity index (χ1n) is 7.62. The Balaban J connectivity index is 1.90. The molecule has 2 heteroatoms. The van der Waals surface area contributed by atoms with Gasteiger partial charge in [-0.3, -0.25) is 0 Å². The van der Waals surface area contributed by atoms with E-state index < -0.39 is 0 Å². The van der Waals surface area contributed by atoms with E-state index in [4.69, 9.17) is 4.74 Å². The topological polar surface area (TPSA) is 21.3 Å². The molecule has 1 aromatic carbocycles. The van der Waals surface area contributed by atoms with E-state index in [0.717, 1.165) is 19.1 Å². The summed E-state index contributed by atoms with van der Waals surface area (Å²) in [5, 5.41) is 3.55. The van der Waals surface area contributed by atoms with Crippen molar-refractivity contribution in [2.24, 2.45) is 5.92 Å². The van der Waals surface area contributed by atoms with E-state index in [1.54, 1.807) is 0 Å². The van der Waals surface area contributed by atoms with E-state index >= 15 is 0 Å². The van der Waals surface area contributed by atoms with Crippen molar-refractivity contribution in [3.63, 3.8) is 0 Å². The largest absolute Gasteiger partial charge is 0.377 e. The minimum Gasteiger partial charge on any atom is -0.377 e. The average molecular weight is 261 g/mol. The van der Waals surface area contributed by atoms with Gasteiger partial charge in [-0.15, -0.1) is 0 Å². The maximum atomic E-state index is 6.03. The number of rotatable bonds is 8. The van der Waals surface area contributed by atoms with Crippen LogP contribution in [0.3, 0.4) is 0 Å². The van der Waals surface area contributed by atoms with Gasteiger partial charge in [-0.05, 0) is 38.3 Å². The summed E-state index contributed by atoms with van der Waals surface area (Å²) in [7, 11) is 0. The van der Waals surface area contributed by atoms with Gasteiger partial charge in [0.25, 0.3) is 0 Å². The maximum Gasteiger partial charge on any atom is 0.0741 e. The molecule has 0 heterocycles. The Morgan fingerprint density at radius 3 is 2.53 bits per heavy atom. The highest BCUT2D eigenvalue weighted by Crippen LogP contribution is 2.32. The Bertz CT molecular complexity index is 369. The molecule has 106 valence electrons. The molecule has 1 N–H and O–H groups in total. The van der Waals surface area contributed by atoms with Gasteiger partial charge >= 0.3 is 0 Å². The van der Waals surface area contributed by atoms with E-state index in [1.807, 2.05) is 0 Å². The minimum absolute atomic E-state index is 0.224. The smallest absolute Gasteiger partial charge is 0.0741 e. The highest BCUT2D eigenvalue weighted by Gasteiger charge is 2.23. The first-order chi connectivity index (χ1) is 9.20. The Labute approximate surface area is 117 Å². The van der Waals surface area contributed by atoms with Crippen LogP contribution in [-0.2, 0) is 4.74 Å². The van der Waals surface area contributed by atoms with Gasteiger partial charge in [0.15, 0.2) is 0 Å². The molecule has 2 unspecified atom stereocenters. The number of aryl methyl sites for hydroxylation is 1. The molecule has 0 aromatic heterocycles. The molecule has 2 atom stereocenters. The summed E-state index contributed by atoms with van der Waals surface area (Å²) < 4.78 is 6.03. The van der Waals surface area contributed by atoms with E-state index in [9.17, 15) is 0 Å². The van der Waals surface area contributed by atoms with Crippen molar-refractivity contribution in [2.45, 2.75) is 52.2 Å². The summed E-state index contributed by atoms with van der Waals surface area (Å²) in [6.45, 7) is 8.33. The van der Waals surface area contributed by atoms with Crippen LogP contribution in [-0.4, -0.2) is 19.3 Å². The van der Waals surface area contributed by atoms with Crippen LogP contribution in [0.15, 0.2) is 24.3 Å². The van der Waals surface area contributed by atoms with E-state index in [1.165, 1.54) is 30.4 Å². The predicted molar refractivity (Wildman–Crippen MR) is 80.4 cm³/mol. The van der Waals surface area contributed by atoms with Gasteiger partial charge in [-0.25, -0.2) is 0 Å². The van der Waals surface area contributed by atoms with Crippen LogP contribution in [0.25, 0.3) is 0 Å². The predicted octanol–water partition coefficient (Wildman–Crippen LogP) is 3.85. The number of benzene rings is 1. The number of hydrogen-bond acceptors (Lipinski definition) is 2. The SMILES string of the molecule is CCNC(c1ccc(C)cc1)C(C)OCCC1CC1. The summed E-state index contributed by atoms with van der Waals surface area (Å²) >= 11 is 0. The molecule has 0 saturated heterocycles. The zero-order chi connectivity index (χ0) is 13.7. The fourth-order valence-corrected chi connectivity index (χ4v) is 2.47. The van der Waals surface area contributed by atoms with Crippen LogP contribution in [0.1, 0.15) is 50.3 Å². The van der Waals surface area contributed by atoms with Crippen LogP contribution in [0.2, 0.25) is 0 Å². The van der Waals surface area contributed by atoms with Gasteiger partial charge in [0.1, 0.15) is 0 Å². The van der Waals surface area contributed by atoms with Crippen molar-refractivity contribution in [3.8, 4) is 0 Å². The normalized spacial score (nSPS) is 18.3. The van der Waals surface area contributed by atoms with E-state index in [-0.39, 0.29) is 6.10 Å². The van der Waals surface area contributed by atoms with Crippen molar-refractivity contribution in [1.82, 2.24) is 5.32 Å². The quantitative estimate of drug-likeness (QED) is 0.767. The monoisotopic (exact) mass is 261 g/mol. The molecule has 0 radical (unpaired) electrons. The third kappa shape index (κ3) is 4.63. The molecular weight excluding hydrogens is 234 g/mol. The molecule has 2 nitrogen and oxygen atoms in total. The second kappa shape index (κ2) is 7.06. The summed E-state index contributed by atoms with van der Waals surface area (Å²) in [5.41, 5.74) is 2.63. The van der Waals surface area contributed by atoms with Gasteiger partial charge in [0.2, 0.25) is 0 Å². The molecule has 1 saturated carbocycles. The van der Waals surface area contributed by atoms with Gasteiger partial charge in [0, 0.05) is 6.61 Å². The van der Waals surface area contributed by atoms with Gasteiger partial charge < -0.3 is 10.1 Å². The van der Waals surface area contributed by atoms with Crippen LogP contribution >= 0.6 is 0 Å². The van der Waals surface area contributed by atoms with Crippen LogP contribution in [0.4, 0.5) is 0 Å². The summed E-state index contributed by atoms with van der Waals surface area (Å²) in [4.78, 5) is 0. The Morgan fingerprint density at radius 1 is 1.26 bits per heavy atom. The standard InChI is InChI=1S/C17H27NO/c1-4-18-17(16-9-5-13(2)6-10-16)14(3)19-12-11-15-7-8-15/h5-6,9-10,14-15,17-18H,4,7-8,11-12H2,1-3H3. The fraction of sp³-hybridized carbons (Fsp3) is 0.647. The maximum absolute atomic E-state index is 6.03. The lowest BCUT2D eigenvalue weighted by atomic mass is 10.0. The molecule has 0 spiro atoms. The number of nitrogens with one attached hydrogen (secondary N) is 1. The molecule has 0 bridgehead atoms. The minimum atomic E-state index is 0.224. The lowest BCUT2D eigenvalue weighted by Gasteiger charge is -2.25. The van der Waals surface area contributed by atoms with Crippen LogP contribution in [0.5, 0.6) is 0 Å². The first-order valence-corrected chi connectivity index (χ1v) is 7.62. The second-order valence-corrected chi connectivity index (χ2v) is 5.75. The average Bonchev–Trinajstić information content (AvgIpc) is 3.21. The molecule has 1 fully saturated rings. The van der Waals surface area contributed by atoms with Crippen LogP contribution < -0.4 is 5.32 Å².